The van der Waals surface area contributed by atoms with E-state index < -0.39 is 0 Å². The molecule has 0 saturated heterocycles. The molecule has 0 bridgehead atoms. The summed E-state index contributed by atoms with van der Waals surface area (Å²) in [5, 5.41) is 1.01. The summed E-state index contributed by atoms with van der Waals surface area (Å²) in [5.41, 5.74) is 7.80. The predicted molar refractivity (Wildman–Crippen MR) is 55.5 cm³/mol. The molecule has 0 aliphatic carbocycles. The van der Waals surface area contributed by atoms with E-state index in [-0.39, 0.29) is 11.9 Å². The van der Waals surface area contributed by atoms with Gasteiger partial charge in [0.05, 0.1) is 0 Å². The molecule has 0 spiro atoms. The fraction of sp³-hybridized carbons (Fsp3) is 0.273. The van der Waals surface area contributed by atoms with Gasteiger partial charge in [0.25, 0.3) is 0 Å². The molecule has 1 aromatic heterocycles. The third kappa shape index (κ3) is 1.40. The Hall–Kier alpha value is -1.35. The second kappa shape index (κ2) is 3.42. The monoisotopic (exact) mass is 192 g/mol. The molecule has 1 aromatic carbocycles. The molecule has 3 N–H and O–H groups in total. The Kier molecular flexibility index (Phi) is 2.25. The minimum Gasteiger partial charge on any atom is -0.361 e. The molecule has 1 heterocycles. The van der Waals surface area contributed by atoms with Crippen LogP contribution in [0, 0.1) is 5.82 Å². The van der Waals surface area contributed by atoms with Crippen molar-refractivity contribution >= 4 is 10.9 Å². The van der Waals surface area contributed by atoms with Gasteiger partial charge in [0.1, 0.15) is 5.82 Å². The molecule has 3 heteroatoms. The number of H-pyrrole nitrogens is 1. The molecule has 2 rings (SSSR count). The third-order valence-electron chi connectivity index (χ3n) is 2.52. The van der Waals surface area contributed by atoms with Gasteiger partial charge in [-0.05, 0) is 30.2 Å². The summed E-state index contributed by atoms with van der Waals surface area (Å²) in [6.07, 6.45) is 2.74. The average molecular weight is 192 g/mol. The number of nitrogens with one attached hydrogen (secondary N) is 1. The first-order valence-corrected chi connectivity index (χ1v) is 4.74. The van der Waals surface area contributed by atoms with Crippen LogP contribution in [0.25, 0.3) is 10.9 Å². The number of hydrogen-bond acceptors (Lipinski definition) is 1. The second-order valence-electron chi connectivity index (χ2n) is 3.45. The molecule has 74 valence electrons. The number of hydrogen-bond donors (Lipinski definition) is 2. The molecule has 0 aliphatic heterocycles. The maximum Gasteiger partial charge on any atom is 0.125 e. The van der Waals surface area contributed by atoms with Crippen molar-refractivity contribution in [2.24, 2.45) is 5.73 Å². The normalized spacial score (nSPS) is 13.4. The van der Waals surface area contributed by atoms with Crippen LogP contribution in [0.15, 0.2) is 24.4 Å². The van der Waals surface area contributed by atoms with Crippen molar-refractivity contribution in [2.45, 2.75) is 19.4 Å². The van der Waals surface area contributed by atoms with Crippen molar-refractivity contribution in [1.29, 1.82) is 0 Å². The van der Waals surface area contributed by atoms with Crippen molar-refractivity contribution in [3.05, 3.63) is 35.8 Å². The third-order valence-corrected chi connectivity index (χ3v) is 2.52. The zero-order valence-corrected chi connectivity index (χ0v) is 8.05. The average Bonchev–Trinajstić information content (AvgIpc) is 2.59. The molecule has 0 aliphatic rings. The maximum absolute atomic E-state index is 12.9. The van der Waals surface area contributed by atoms with Gasteiger partial charge in [-0.15, -0.1) is 0 Å². The largest absolute Gasteiger partial charge is 0.361 e. The summed E-state index contributed by atoms with van der Waals surface area (Å²) >= 11 is 0. The van der Waals surface area contributed by atoms with Gasteiger partial charge in [0.15, 0.2) is 0 Å². The van der Waals surface area contributed by atoms with Gasteiger partial charge in [-0.3, -0.25) is 0 Å². The van der Waals surface area contributed by atoms with Crippen LogP contribution in [0.5, 0.6) is 0 Å². The Morgan fingerprint density at radius 2 is 2.29 bits per heavy atom. The van der Waals surface area contributed by atoms with Gasteiger partial charge in [-0.2, -0.15) is 0 Å². The minimum atomic E-state index is -0.226. The van der Waals surface area contributed by atoms with Crippen molar-refractivity contribution in [3.63, 3.8) is 0 Å². The molecule has 1 atom stereocenters. The molecule has 0 radical (unpaired) electrons. The lowest BCUT2D eigenvalue weighted by Gasteiger charge is -2.06. The first kappa shape index (κ1) is 9.21. The lowest BCUT2D eigenvalue weighted by Crippen LogP contribution is -2.07. The molecule has 2 aromatic rings. The summed E-state index contributed by atoms with van der Waals surface area (Å²) < 4.78 is 12.9. The van der Waals surface area contributed by atoms with Gasteiger partial charge >= 0.3 is 0 Å². The maximum atomic E-state index is 12.9. The quantitative estimate of drug-likeness (QED) is 0.754. The minimum absolute atomic E-state index is 0.0224. The number of aromatic nitrogens is 1. The summed E-state index contributed by atoms with van der Waals surface area (Å²) in [6.45, 7) is 2.03. The van der Waals surface area contributed by atoms with Crippen molar-refractivity contribution in [2.75, 3.05) is 0 Å². The second-order valence-corrected chi connectivity index (χ2v) is 3.45. The molecule has 0 unspecified atom stereocenters. The highest BCUT2D eigenvalue weighted by Gasteiger charge is 2.09. The number of nitrogens with two attached hydrogens (primary N) is 1. The zero-order valence-electron chi connectivity index (χ0n) is 8.05. The Morgan fingerprint density at radius 3 is 3.00 bits per heavy atom. The zero-order chi connectivity index (χ0) is 10.1. The smallest absolute Gasteiger partial charge is 0.125 e. The van der Waals surface area contributed by atoms with Gasteiger partial charge in [0, 0.05) is 23.1 Å². The molecular weight excluding hydrogens is 179 g/mol. The van der Waals surface area contributed by atoms with Crippen LogP contribution in [0.1, 0.15) is 24.9 Å². The van der Waals surface area contributed by atoms with E-state index >= 15 is 0 Å². The molecule has 0 saturated carbocycles. The molecule has 2 nitrogen and oxygen atoms in total. The fourth-order valence-corrected chi connectivity index (χ4v) is 1.65. The van der Waals surface area contributed by atoms with E-state index in [4.69, 9.17) is 5.73 Å². The van der Waals surface area contributed by atoms with Gasteiger partial charge in [-0.1, -0.05) is 6.92 Å². The Morgan fingerprint density at radius 1 is 1.50 bits per heavy atom. The summed E-state index contributed by atoms with van der Waals surface area (Å²) in [5.74, 6) is -0.226. The molecule has 14 heavy (non-hydrogen) atoms. The highest BCUT2D eigenvalue weighted by Crippen LogP contribution is 2.24. The molecule has 0 amide bonds. The molecule has 0 fully saturated rings. The first-order valence-electron chi connectivity index (χ1n) is 4.74. The van der Waals surface area contributed by atoms with Crippen LogP contribution < -0.4 is 5.73 Å². The van der Waals surface area contributed by atoms with Crippen LogP contribution in [0.3, 0.4) is 0 Å². The standard InChI is InChI=1S/C11H13FN2/c1-2-10(13)9-6-14-11-5-7(12)3-4-8(9)11/h3-6,10,14H,2,13H2,1H3/t10-/m0/s1. The van der Waals surface area contributed by atoms with E-state index in [0.29, 0.717) is 0 Å². The van der Waals surface area contributed by atoms with Crippen molar-refractivity contribution in [3.8, 4) is 0 Å². The molecular formula is C11H13FN2. The van der Waals surface area contributed by atoms with E-state index in [0.717, 1.165) is 22.9 Å². The van der Waals surface area contributed by atoms with Gasteiger partial charge in [0.2, 0.25) is 0 Å². The summed E-state index contributed by atoms with van der Waals surface area (Å²) in [4.78, 5) is 3.02. The highest BCUT2D eigenvalue weighted by atomic mass is 19.1. The van der Waals surface area contributed by atoms with E-state index in [9.17, 15) is 4.39 Å². The Bertz CT molecular complexity index is 447. The number of aromatic amines is 1. The van der Waals surface area contributed by atoms with Crippen LogP contribution in [-0.2, 0) is 0 Å². The summed E-state index contributed by atoms with van der Waals surface area (Å²) in [7, 11) is 0. The van der Waals surface area contributed by atoms with Crippen LogP contribution in [-0.4, -0.2) is 4.98 Å². The van der Waals surface area contributed by atoms with Crippen LogP contribution in [0.2, 0.25) is 0 Å². The number of fused-ring (bicyclic) bond motifs is 1. The van der Waals surface area contributed by atoms with Crippen LogP contribution in [0.4, 0.5) is 4.39 Å². The number of benzene rings is 1. The number of rotatable bonds is 2. The summed E-state index contributed by atoms with van der Waals surface area (Å²) in [6, 6.07) is 4.74. The lowest BCUT2D eigenvalue weighted by molar-refractivity contribution is 0.629. The first-order chi connectivity index (χ1) is 6.72. The van der Waals surface area contributed by atoms with Crippen LogP contribution >= 0.6 is 0 Å². The van der Waals surface area contributed by atoms with Crippen molar-refractivity contribution < 1.29 is 4.39 Å². The van der Waals surface area contributed by atoms with E-state index in [1.54, 1.807) is 6.07 Å². The fourth-order valence-electron chi connectivity index (χ4n) is 1.65. The number of halogens is 1. The van der Waals surface area contributed by atoms with E-state index in [1.807, 2.05) is 13.1 Å². The topological polar surface area (TPSA) is 41.8 Å². The lowest BCUT2D eigenvalue weighted by atomic mass is 10.0. The highest BCUT2D eigenvalue weighted by molar-refractivity contribution is 5.83. The van der Waals surface area contributed by atoms with E-state index in [1.165, 1.54) is 12.1 Å². The Labute approximate surface area is 81.9 Å². The van der Waals surface area contributed by atoms with E-state index in [2.05, 4.69) is 4.98 Å². The predicted octanol–water partition coefficient (Wildman–Crippen LogP) is 2.72. The van der Waals surface area contributed by atoms with Gasteiger partial charge in [-0.25, -0.2) is 4.39 Å². The van der Waals surface area contributed by atoms with Crippen molar-refractivity contribution in [1.82, 2.24) is 4.98 Å². The van der Waals surface area contributed by atoms with Gasteiger partial charge < -0.3 is 10.7 Å². The SMILES string of the molecule is CC[C@H](N)c1c[nH]c2cc(F)ccc12. The Balaban J connectivity index is 2.58.